The van der Waals surface area contributed by atoms with Crippen LogP contribution in [0.4, 0.5) is 13.2 Å². The number of halogens is 4. The molecule has 1 aliphatic carbocycles. The van der Waals surface area contributed by atoms with Crippen LogP contribution in [-0.4, -0.2) is 11.0 Å². The molecule has 1 aromatic carbocycles. The van der Waals surface area contributed by atoms with Crippen molar-refractivity contribution < 1.29 is 13.2 Å². The van der Waals surface area contributed by atoms with E-state index in [1.165, 1.54) is 30.2 Å². The summed E-state index contributed by atoms with van der Waals surface area (Å²) in [6.07, 6.45) is -2.05. The highest BCUT2D eigenvalue weighted by Crippen LogP contribution is 2.39. The van der Waals surface area contributed by atoms with Crippen molar-refractivity contribution in [2.75, 3.05) is 0 Å². The number of hydrogen-bond acceptors (Lipinski definition) is 3. The van der Waals surface area contributed by atoms with Gasteiger partial charge in [0.1, 0.15) is 5.01 Å². The highest BCUT2D eigenvalue weighted by molar-refractivity contribution is 9.10. The molecule has 1 heterocycles. The van der Waals surface area contributed by atoms with Crippen molar-refractivity contribution in [1.29, 1.82) is 0 Å². The zero-order valence-corrected chi connectivity index (χ0v) is 13.3. The molecule has 2 aromatic rings. The van der Waals surface area contributed by atoms with E-state index in [-0.39, 0.29) is 5.56 Å². The number of alkyl halides is 3. The number of aromatic nitrogens is 1. The van der Waals surface area contributed by atoms with Gasteiger partial charge in [-0.3, -0.25) is 0 Å². The topological polar surface area (TPSA) is 24.9 Å². The Hall–Kier alpha value is -0.920. The van der Waals surface area contributed by atoms with E-state index in [2.05, 4.69) is 26.2 Å². The first kappa shape index (κ1) is 15.0. The number of rotatable bonds is 4. The Balaban J connectivity index is 1.88. The van der Waals surface area contributed by atoms with Crippen molar-refractivity contribution in [2.45, 2.75) is 31.6 Å². The number of hydrogen-bond donors (Lipinski definition) is 1. The van der Waals surface area contributed by atoms with Crippen LogP contribution in [0.15, 0.2) is 28.1 Å². The first-order valence-corrected chi connectivity index (χ1v) is 8.15. The molecule has 3 rings (SSSR count). The second-order valence-electron chi connectivity index (χ2n) is 4.99. The van der Waals surface area contributed by atoms with Crippen LogP contribution in [0, 0.1) is 0 Å². The maximum absolute atomic E-state index is 13.1. The smallest absolute Gasteiger partial charge is 0.308 e. The first-order chi connectivity index (χ1) is 9.93. The van der Waals surface area contributed by atoms with Crippen LogP contribution in [0.25, 0.3) is 10.6 Å². The van der Waals surface area contributed by atoms with Crippen LogP contribution >= 0.6 is 27.3 Å². The lowest BCUT2D eigenvalue weighted by Gasteiger charge is -2.11. The molecular weight excluding hydrogens is 365 g/mol. The third-order valence-electron chi connectivity index (χ3n) is 3.22. The summed E-state index contributed by atoms with van der Waals surface area (Å²) in [5.74, 6) is 0. The average molecular weight is 377 g/mol. The van der Waals surface area contributed by atoms with Gasteiger partial charge < -0.3 is 5.32 Å². The maximum Gasteiger partial charge on any atom is 0.417 e. The molecule has 1 aromatic heterocycles. The van der Waals surface area contributed by atoms with E-state index < -0.39 is 11.7 Å². The van der Waals surface area contributed by atoms with Crippen LogP contribution in [-0.2, 0) is 12.7 Å². The van der Waals surface area contributed by atoms with Gasteiger partial charge in [0.2, 0.25) is 0 Å². The van der Waals surface area contributed by atoms with E-state index in [1.54, 1.807) is 6.07 Å². The second kappa shape index (κ2) is 5.70. The number of thiazole rings is 1. The Labute approximate surface area is 132 Å². The van der Waals surface area contributed by atoms with Gasteiger partial charge in [0.25, 0.3) is 0 Å². The van der Waals surface area contributed by atoms with E-state index in [0.717, 1.165) is 11.8 Å². The monoisotopic (exact) mass is 376 g/mol. The highest BCUT2D eigenvalue weighted by Gasteiger charge is 2.34. The molecule has 0 amide bonds. The van der Waals surface area contributed by atoms with Crippen molar-refractivity contribution in [3.63, 3.8) is 0 Å². The lowest BCUT2D eigenvalue weighted by atomic mass is 10.1. The third-order valence-corrected chi connectivity index (χ3v) is 4.64. The molecule has 1 N–H and O–H groups in total. The van der Waals surface area contributed by atoms with E-state index in [4.69, 9.17) is 0 Å². The molecule has 0 radical (unpaired) electrons. The largest absolute Gasteiger partial charge is 0.417 e. The minimum Gasteiger partial charge on any atom is -0.308 e. The zero-order chi connectivity index (χ0) is 15.0. The number of nitrogens with one attached hydrogen (secondary N) is 1. The van der Waals surface area contributed by atoms with Crippen LogP contribution in [0.2, 0.25) is 0 Å². The van der Waals surface area contributed by atoms with Crippen molar-refractivity contribution in [3.05, 3.63) is 39.3 Å². The van der Waals surface area contributed by atoms with Gasteiger partial charge in [-0.1, -0.05) is 22.0 Å². The third kappa shape index (κ3) is 3.64. The maximum atomic E-state index is 13.1. The van der Waals surface area contributed by atoms with Gasteiger partial charge >= 0.3 is 6.18 Å². The van der Waals surface area contributed by atoms with Crippen molar-refractivity contribution in [2.24, 2.45) is 0 Å². The predicted molar refractivity (Wildman–Crippen MR) is 80.1 cm³/mol. The Morgan fingerprint density at radius 2 is 2.10 bits per heavy atom. The first-order valence-electron chi connectivity index (χ1n) is 6.48. The van der Waals surface area contributed by atoms with Crippen LogP contribution < -0.4 is 5.32 Å². The average Bonchev–Trinajstić information content (AvgIpc) is 3.13. The fraction of sp³-hybridized carbons (Fsp3) is 0.357. The fourth-order valence-corrected chi connectivity index (χ4v) is 3.21. The van der Waals surface area contributed by atoms with Gasteiger partial charge in [-0.05, 0) is 25.0 Å². The van der Waals surface area contributed by atoms with Gasteiger partial charge in [0.15, 0.2) is 0 Å². The summed E-state index contributed by atoms with van der Waals surface area (Å²) in [5, 5.41) is 5.52. The van der Waals surface area contributed by atoms with Gasteiger partial charge in [-0.2, -0.15) is 13.2 Å². The molecule has 112 valence electrons. The van der Waals surface area contributed by atoms with E-state index in [0.29, 0.717) is 22.1 Å². The van der Waals surface area contributed by atoms with Crippen molar-refractivity contribution >= 4 is 27.3 Å². The molecule has 0 atom stereocenters. The lowest BCUT2D eigenvalue weighted by molar-refractivity contribution is -0.137. The summed E-state index contributed by atoms with van der Waals surface area (Å²) in [4.78, 5) is 4.32. The molecule has 0 unspecified atom stereocenters. The summed E-state index contributed by atoms with van der Waals surface area (Å²) in [7, 11) is 0. The summed E-state index contributed by atoms with van der Waals surface area (Å²) < 4.78 is 39.8. The zero-order valence-electron chi connectivity index (χ0n) is 10.9. The molecule has 2 nitrogen and oxygen atoms in total. The highest BCUT2D eigenvalue weighted by atomic mass is 79.9. The van der Waals surface area contributed by atoms with E-state index >= 15 is 0 Å². The molecule has 0 bridgehead atoms. The molecule has 21 heavy (non-hydrogen) atoms. The van der Waals surface area contributed by atoms with Gasteiger partial charge in [-0.15, -0.1) is 11.3 Å². The van der Waals surface area contributed by atoms with Crippen LogP contribution in [0.3, 0.4) is 0 Å². The molecule has 1 aliphatic rings. The molecule has 0 spiro atoms. The molecular formula is C14H12BrF3N2S. The molecule has 1 saturated carbocycles. The number of nitrogens with zero attached hydrogens (tertiary/aromatic N) is 1. The van der Waals surface area contributed by atoms with Crippen LogP contribution in [0.1, 0.15) is 24.1 Å². The fourth-order valence-electron chi connectivity index (χ4n) is 1.99. The second-order valence-corrected chi connectivity index (χ2v) is 6.76. The quantitative estimate of drug-likeness (QED) is 0.825. The Bertz CT molecular complexity index is 650. The van der Waals surface area contributed by atoms with Crippen molar-refractivity contribution in [3.8, 4) is 10.6 Å². The summed E-state index contributed by atoms with van der Waals surface area (Å²) in [6.45, 7) is 0.610. The van der Waals surface area contributed by atoms with Gasteiger partial charge in [-0.25, -0.2) is 4.98 Å². The lowest BCUT2D eigenvalue weighted by Crippen LogP contribution is -2.15. The molecule has 1 fully saturated rings. The summed E-state index contributed by atoms with van der Waals surface area (Å²) >= 11 is 4.33. The van der Waals surface area contributed by atoms with Crippen LogP contribution in [0.5, 0.6) is 0 Å². The summed E-state index contributed by atoms with van der Waals surface area (Å²) in [6, 6.07) is 4.71. The number of benzene rings is 1. The summed E-state index contributed by atoms with van der Waals surface area (Å²) in [5.41, 5.74) is 0.263. The van der Waals surface area contributed by atoms with E-state index in [1.807, 2.05) is 5.38 Å². The predicted octanol–water partition coefficient (Wildman–Crippen LogP) is 4.84. The van der Waals surface area contributed by atoms with Gasteiger partial charge in [0.05, 0.1) is 11.3 Å². The minimum atomic E-state index is -4.39. The van der Waals surface area contributed by atoms with E-state index in [9.17, 15) is 13.2 Å². The standard InChI is InChI=1S/C14H12BrF3N2S/c15-8-1-4-11(12(5-8)14(16,17)18)13-20-10(7-21-13)6-19-9-2-3-9/h1,4-5,7,9,19H,2-3,6H2. The molecule has 7 heteroatoms. The SMILES string of the molecule is FC(F)(F)c1cc(Br)ccc1-c1nc(CNC2CC2)cs1. The van der Waals surface area contributed by atoms with Crippen molar-refractivity contribution in [1.82, 2.24) is 10.3 Å². The Morgan fingerprint density at radius 1 is 1.33 bits per heavy atom. The van der Waals surface area contributed by atoms with Gasteiger partial charge in [0, 0.05) is 28.0 Å². The minimum absolute atomic E-state index is 0.133. The molecule has 0 aliphatic heterocycles. The molecule has 0 saturated heterocycles. The normalized spacial score (nSPS) is 15.4. The Morgan fingerprint density at radius 3 is 2.76 bits per heavy atom. The Kier molecular flexibility index (Phi) is 4.07.